The van der Waals surface area contributed by atoms with Crippen LogP contribution in [0.4, 0.5) is 5.69 Å². The molecule has 2 atom stereocenters. The van der Waals surface area contributed by atoms with Gasteiger partial charge < -0.3 is 19.9 Å². The SMILES string of the molecule is COc1ccc(NC(=O)C(C)(C)N(Cc2cccnc2)C(=O)C[C@@H]2[C@H](c3c(C)[nH]c4ccccc34)C2(C)C)cc1. The summed E-state index contributed by atoms with van der Waals surface area (Å²) in [5.41, 5.74) is 3.94. The molecular formula is C33H38N4O3. The minimum Gasteiger partial charge on any atom is -0.497 e. The first-order chi connectivity index (χ1) is 19.0. The van der Waals surface area contributed by atoms with Crippen LogP contribution in [0.2, 0.25) is 0 Å². The number of benzene rings is 2. The van der Waals surface area contributed by atoms with Crippen LogP contribution in [-0.4, -0.2) is 39.3 Å². The zero-order chi connectivity index (χ0) is 28.7. The summed E-state index contributed by atoms with van der Waals surface area (Å²) in [4.78, 5) is 37.2. The van der Waals surface area contributed by atoms with Crippen LogP contribution >= 0.6 is 0 Å². The fraction of sp³-hybridized carbons (Fsp3) is 0.364. The van der Waals surface area contributed by atoms with Crippen molar-refractivity contribution in [3.05, 3.63) is 89.9 Å². The number of aromatic nitrogens is 2. The summed E-state index contributed by atoms with van der Waals surface area (Å²) < 4.78 is 5.23. The molecule has 2 amide bonds. The molecule has 2 heterocycles. The van der Waals surface area contributed by atoms with Gasteiger partial charge in [-0.1, -0.05) is 38.1 Å². The number of carbonyl (C=O) groups is 2. The molecule has 0 aliphatic heterocycles. The van der Waals surface area contributed by atoms with E-state index in [-0.39, 0.29) is 29.1 Å². The van der Waals surface area contributed by atoms with Crippen molar-refractivity contribution in [2.75, 3.05) is 12.4 Å². The second kappa shape index (κ2) is 10.5. The van der Waals surface area contributed by atoms with Crippen molar-refractivity contribution in [1.82, 2.24) is 14.9 Å². The van der Waals surface area contributed by atoms with Gasteiger partial charge >= 0.3 is 0 Å². The molecule has 1 aliphatic carbocycles. The van der Waals surface area contributed by atoms with Gasteiger partial charge in [0.1, 0.15) is 11.3 Å². The Balaban J connectivity index is 1.40. The van der Waals surface area contributed by atoms with Gasteiger partial charge in [0.25, 0.3) is 0 Å². The van der Waals surface area contributed by atoms with Crippen molar-refractivity contribution in [2.24, 2.45) is 11.3 Å². The lowest BCUT2D eigenvalue weighted by Crippen LogP contribution is -2.54. The van der Waals surface area contributed by atoms with Gasteiger partial charge in [0.05, 0.1) is 7.11 Å². The van der Waals surface area contributed by atoms with Crippen LogP contribution in [-0.2, 0) is 16.1 Å². The first-order valence-corrected chi connectivity index (χ1v) is 13.8. The maximum atomic E-state index is 14.1. The van der Waals surface area contributed by atoms with E-state index in [2.05, 4.69) is 54.3 Å². The topological polar surface area (TPSA) is 87.3 Å². The Kier molecular flexibility index (Phi) is 7.17. The Morgan fingerprint density at radius 1 is 1.07 bits per heavy atom. The monoisotopic (exact) mass is 538 g/mol. The number of aryl methyl sites for hydroxylation is 1. The molecule has 0 bridgehead atoms. The fourth-order valence-electron chi connectivity index (χ4n) is 6.05. The first-order valence-electron chi connectivity index (χ1n) is 13.8. The third kappa shape index (κ3) is 5.08. The molecule has 40 heavy (non-hydrogen) atoms. The predicted molar refractivity (Wildman–Crippen MR) is 158 cm³/mol. The molecule has 208 valence electrons. The summed E-state index contributed by atoms with van der Waals surface area (Å²) in [6.07, 6.45) is 3.81. The lowest BCUT2D eigenvalue weighted by Gasteiger charge is -2.37. The number of hydrogen-bond donors (Lipinski definition) is 2. The van der Waals surface area contributed by atoms with Gasteiger partial charge in [-0.25, -0.2) is 0 Å². The largest absolute Gasteiger partial charge is 0.497 e. The number of rotatable bonds is 9. The van der Waals surface area contributed by atoms with E-state index >= 15 is 0 Å². The summed E-state index contributed by atoms with van der Waals surface area (Å²) in [5, 5.41) is 4.21. The minimum absolute atomic E-state index is 0.0408. The minimum atomic E-state index is -1.11. The van der Waals surface area contributed by atoms with E-state index in [1.807, 2.05) is 18.2 Å². The van der Waals surface area contributed by atoms with Gasteiger partial charge in [-0.2, -0.15) is 0 Å². The quantitative estimate of drug-likeness (QED) is 0.256. The van der Waals surface area contributed by atoms with Gasteiger partial charge in [0, 0.05) is 47.6 Å². The van der Waals surface area contributed by atoms with E-state index in [1.54, 1.807) is 62.5 Å². The van der Waals surface area contributed by atoms with Crippen LogP contribution in [0.1, 0.15) is 56.9 Å². The number of carbonyl (C=O) groups excluding carboxylic acids is 2. The van der Waals surface area contributed by atoms with Crippen molar-refractivity contribution >= 4 is 28.4 Å². The maximum absolute atomic E-state index is 14.1. The van der Waals surface area contributed by atoms with Gasteiger partial charge in [0.15, 0.2) is 0 Å². The molecule has 1 saturated carbocycles. The summed E-state index contributed by atoms with van der Waals surface area (Å²) in [7, 11) is 1.60. The number of pyridine rings is 1. The Labute approximate surface area is 236 Å². The lowest BCUT2D eigenvalue weighted by atomic mass is 9.98. The molecule has 2 N–H and O–H groups in total. The maximum Gasteiger partial charge on any atom is 0.249 e. The van der Waals surface area contributed by atoms with E-state index in [4.69, 9.17) is 4.74 Å². The van der Waals surface area contributed by atoms with Crippen LogP contribution in [0.3, 0.4) is 0 Å². The molecule has 0 radical (unpaired) electrons. The molecule has 0 unspecified atom stereocenters. The smallest absolute Gasteiger partial charge is 0.249 e. The van der Waals surface area contributed by atoms with Crippen molar-refractivity contribution in [3.8, 4) is 5.75 Å². The highest BCUT2D eigenvalue weighted by Gasteiger charge is 2.60. The molecule has 1 aliphatic rings. The molecule has 4 aromatic rings. The highest BCUT2D eigenvalue weighted by Crippen LogP contribution is 2.67. The normalized spacial score (nSPS) is 17.9. The van der Waals surface area contributed by atoms with E-state index < -0.39 is 5.54 Å². The number of amides is 2. The standard InChI is InChI=1S/C33H38N4O3/c1-21-29(25-11-7-8-12-27(25)35-21)30-26(32(30,2)3)18-28(38)37(20-22-10-9-17-34-19-22)33(4,5)31(39)36-23-13-15-24(40-6)16-14-23/h7-17,19,26,30,35H,18,20H2,1-6H3,(H,36,39)/t26-,30-/m1/s1. The molecule has 0 saturated heterocycles. The third-order valence-electron chi connectivity index (χ3n) is 8.64. The number of para-hydroxylation sites is 1. The average Bonchev–Trinajstić information content (AvgIpc) is 3.29. The molecular weight excluding hydrogens is 500 g/mol. The molecule has 1 fully saturated rings. The van der Waals surface area contributed by atoms with E-state index in [0.717, 1.165) is 16.8 Å². The Morgan fingerprint density at radius 2 is 1.80 bits per heavy atom. The zero-order valence-electron chi connectivity index (χ0n) is 24.1. The first kappa shape index (κ1) is 27.4. The van der Waals surface area contributed by atoms with E-state index in [1.165, 1.54) is 10.9 Å². The summed E-state index contributed by atoms with van der Waals surface area (Å²) in [6.45, 7) is 10.5. The van der Waals surface area contributed by atoms with Gasteiger partial charge in [-0.3, -0.25) is 14.6 Å². The van der Waals surface area contributed by atoms with E-state index in [0.29, 0.717) is 24.4 Å². The third-order valence-corrected chi connectivity index (χ3v) is 8.64. The molecule has 2 aromatic carbocycles. The number of nitrogens with one attached hydrogen (secondary N) is 2. The second-order valence-corrected chi connectivity index (χ2v) is 11.9. The summed E-state index contributed by atoms with van der Waals surface area (Å²) >= 11 is 0. The summed E-state index contributed by atoms with van der Waals surface area (Å²) in [5.74, 6) is 0.822. The predicted octanol–water partition coefficient (Wildman–Crippen LogP) is 6.46. The van der Waals surface area contributed by atoms with Gasteiger partial charge in [-0.05, 0) is 85.5 Å². The van der Waals surface area contributed by atoms with Crippen molar-refractivity contribution in [1.29, 1.82) is 0 Å². The number of anilines is 1. The lowest BCUT2D eigenvalue weighted by molar-refractivity contribution is -0.145. The van der Waals surface area contributed by atoms with Crippen LogP contribution in [0.5, 0.6) is 5.75 Å². The van der Waals surface area contributed by atoms with Crippen molar-refractivity contribution in [2.45, 2.75) is 59.0 Å². The Hall–Kier alpha value is -4.13. The zero-order valence-corrected chi connectivity index (χ0v) is 24.1. The van der Waals surface area contributed by atoms with E-state index in [9.17, 15) is 9.59 Å². The number of fused-ring (bicyclic) bond motifs is 1. The number of nitrogens with zero attached hydrogens (tertiary/aromatic N) is 2. The number of H-pyrrole nitrogens is 1. The average molecular weight is 539 g/mol. The summed E-state index contributed by atoms with van der Waals surface area (Å²) in [6, 6.07) is 19.3. The number of hydrogen-bond acceptors (Lipinski definition) is 4. The van der Waals surface area contributed by atoms with Crippen molar-refractivity contribution < 1.29 is 14.3 Å². The van der Waals surface area contributed by atoms with Crippen LogP contribution in [0, 0.1) is 18.3 Å². The Bertz CT molecular complexity index is 1520. The molecule has 7 nitrogen and oxygen atoms in total. The van der Waals surface area contributed by atoms with Crippen LogP contribution < -0.4 is 10.1 Å². The molecule has 7 heteroatoms. The highest BCUT2D eigenvalue weighted by molar-refractivity contribution is 6.00. The van der Waals surface area contributed by atoms with Gasteiger partial charge in [0.2, 0.25) is 11.8 Å². The fourth-order valence-corrected chi connectivity index (χ4v) is 6.05. The number of ether oxygens (including phenoxy) is 1. The molecule has 0 spiro atoms. The van der Waals surface area contributed by atoms with Gasteiger partial charge in [-0.15, -0.1) is 0 Å². The molecule has 5 rings (SSSR count). The number of aromatic amines is 1. The van der Waals surface area contributed by atoms with Crippen molar-refractivity contribution in [3.63, 3.8) is 0 Å². The van der Waals surface area contributed by atoms with Crippen LogP contribution in [0.25, 0.3) is 10.9 Å². The number of methoxy groups -OCH3 is 1. The molecule has 2 aromatic heterocycles. The highest BCUT2D eigenvalue weighted by atomic mass is 16.5. The van der Waals surface area contributed by atoms with Crippen LogP contribution in [0.15, 0.2) is 73.1 Å². The second-order valence-electron chi connectivity index (χ2n) is 11.9. The Morgan fingerprint density at radius 3 is 2.48 bits per heavy atom.